The number of hydrogen-bond acceptors (Lipinski definition) is 1. The predicted molar refractivity (Wildman–Crippen MR) is 87.8 cm³/mol. The SMILES string of the molecule is Cc1ccc2n1CCN(C(=O)c1cc(Cl)cc(Br)c1)C2C. The van der Waals surface area contributed by atoms with Gasteiger partial charge in [0.1, 0.15) is 0 Å². The van der Waals surface area contributed by atoms with Gasteiger partial charge in [-0.3, -0.25) is 4.79 Å². The second kappa shape index (κ2) is 5.50. The first-order valence-electron chi connectivity index (χ1n) is 6.90. The lowest BCUT2D eigenvalue weighted by molar-refractivity contribution is 0.0643. The number of carbonyl (C=O) groups is 1. The van der Waals surface area contributed by atoms with Gasteiger partial charge in [-0.1, -0.05) is 27.5 Å². The first kappa shape index (κ1) is 14.7. The van der Waals surface area contributed by atoms with E-state index in [1.165, 1.54) is 11.4 Å². The lowest BCUT2D eigenvalue weighted by Gasteiger charge is -2.35. The summed E-state index contributed by atoms with van der Waals surface area (Å²) >= 11 is 9.44. The van der Waals surface area contributed by atoms with Crippen molar-refractivity contribution < 1.29 is 4.79 Å². The van der Waals surface area contributed by atoms with Crippen molar-refractivity contribution in [2.24, 2.45) is 0 Å². The van der Waals surface area contributed by atoms with Gasteiger partial charge in [0, 0.05) is 39.5 Å². The Bertz CT molecular complexity index is 690. The molecule has 0 N–H and O–H groups in total. The summed E-state index contributed by atoms with van der Waals surface area (Å²) in [6.45, 7) is 5.72. The van der Waals surface area contributed by atoms with Gasteiger partial charge in [-0.25, -0.2) is 0 Å². The van der Waals surface area contributed by atoms with Crippen molar-refractivity contribution in [1.82, 2.24) is 9.47 Å². The van der Waals surface area contributed by atoms with Crippen molar-refractivity contribution in [2.45, 2.75) is 26.4 Å². The molecule has 0 radical (unpaired) electrons. The maximum atomic E-state index is 12.8. The molecule has 1 aromatic carbocycles. The van der Waals surface area contributed by atoms with Gasteiger partial charge in [0.15, 0.2) is 0 Å². The number of fused-ring (bicyclic) bond motifs is 1. The van der Waals surface area contributed by atoms with Gasteiger partial charge in [0.2, 0.25) is 0 Å². The van der Waals surface area contributed by atoms with Crippen LogP contribution in [0.2, 0.25) is 5.02 Å². The van der Waals surface area contributed by atoms with Gasteiger partial charge in [0.25, 0.3) is 5.91 Å². The van der Waals surface area contributed by atoms with Crippen LogP contribution in [0, 0.1) is 6.92 Å². The van der Waals surface area contributed by atoms with E-state index in [2.05, 4.69) is 46.5 Å². The van der Waals surface area contributed by atoms with Gasteiger partial charge in [-0.2, -0.15) is 0 Å². The molecule has 1 atom stereocenters. The molecule has 1 unspecified atom stereocenters. The minimum atomic E-state index is 0.0239. The van der Waals surface area contributed by atoms with Crippen LogP contribution in [0.4, 0.5) is 0 Å². The third kappa shape index (κ3) is 2.62. The Morgan fingerprint density at radius 3 is 2.76 bits per heavy atom. The Morgan fingerprint density at radius 1 is 1.29 bits per heavy atom. The van der Waals surface area contributed by atoms with E-state index in [-0.39, 0.29) is 11.9 Å². The van der Waals surface area contributed by atoms with Gasteiger partial charge in [-0.05, 0) is 44.2 Å². The number of amides is 1. The second-order valence-electron chi connectivity index (χ2n) is 5.38. The van der Waals surface area contributed by atoms with E-state index in [0.717, 1.165) is 11.0 Å². The van der Waals surface area contributed by atoms with Gasteiger partial charge < -0.3 is 9.47 Å². The molecule has 2 heterocycles. The van der Waals surface area contributed by atoms with Gasteiger partial charge >= 0.3 is 0 Å². The summed E-state index contributed by atoms with van der Waals surface area (Å²) in [5, 5.41) is 0.566. The summed E-state index contributed by atoms with van der Waals surface area (Å²) in [5.74, 6) is 0.0239. The summed E-state index contributed by atoms with van der Waals surface area (Å²) in [5.41, 5.74) is 3.06. The van der Waals surface area contributed by atoms with Crippen LogP contribution < -0.4 is 0 Å². The Balaban J connectivity index is 1.92. The van der Waals surface area contributed by atoms with Crippen molar-refractivity contribution in [3.63, 3.8) is 0 Å². The van der Waals surface area contributed by atoms with Crippen LogP contribution in [0.5, 0.6) is 0 Å². The van der Waals surface area contributed by atoms with Crippen molar-refractivity contribution in [3.8, 4) is 0 Å². The fourth-order valence-corrected chi connectivity index (χ4v) is 3.80. The Labute approximate surface area is 137 Å². The number of halogens is 2. The third-order valence-corrected chi connectivity index (χ3v) is 4.74. The quantitative estimate of drug-likeness (QED) is 0.732. The molecule has 1 amide bonds. The van der Waals surface area contributed by atoms with E-state index in [4.69, 9.17) is 11.6 Å². The van der Waals surface area contributed by atoms with Crippen molar-refractivity contribution in [2.75, 3.05) is 6.54 Å². The maximum absolute atomic E-state index is 12.8. The number of benzene rings is 1. The average molecular weight is 368 g/mol. The van der Waals surface area contributed by atoms with Crippen LogP contribution in [0.25, 0.3) is 0 Å². The summed E-state index contributed by atoms with van der Waals surface area (Å²) in [6, 6.07) is 9.60. The molecule has 3 nitrogen and oxygen atoms in total. The Hall–Kier alpha value is -1.26. The van der Waals surface area contributed by atoms with E-state index in [1.54, 1.807) is 12.1 Å². The van der Waals surface area contributed by atoms with Gasteiger partial charge in [-0.15, -0.1) is 0 Å². The van der Waals surface area contributed by atoms with Gasteiger partial charge in [0.05, 0.1) is 6.04 Å². The molecule has 0 saturated heterocycles. The summed E-state index contributed by atoms with van der Waals surface area (Å²) in [7, 11) is 0. The van der Waals surface area contributed by atoms with Crippen LogP contribution in [-0.4, -0.2) is 21.9 Å². The lowest BCUT2D eigenvalue weighted by atomic mass is 10.1. The van der Waals surface area contributed by atoms with E-state index < -0.39 is 0 Å². The maximum Gasteiger partial charge on any atom is 0.254 e. The molecule has 2 aromatic rings. The van der Waals surface area contributed by atoms with Crippen LogP contribution in [0.3, 0.4) is 0 Å². The third-order valence-electron chi connectivity index (χ3n) is 4.06. The van der Waals surface area contributed by atoms with Crippen molar-refractivity contribution >= 4 is 33.4 Å². The molecule has 0 aliphatic carbocycles. The summed E-state index contributed by atoms with van der Waals surface area (Å²) in [4.78, 5) is 14.7. The molecule has 1 aliphatic heterocycles. The number of aromatic nitrogens is 1. The zero-order valence-electron chi connectivity index (χ0n) is 11.9. The number of aryl methyl sites for hydroxylation is 1. The van der Waals surface area contributed by atoms with E-state index in [1.807, 2.05) is 11.0 Å². The standard InChI is InChI=1S/C16H16BrClN2O/c1-10-3-4-15-11(2)20(6-5-19(10)15)16(21)12-7-13(17)9-14(18)8-12/h3-4,7-9,11H,5-6H2,1-2H3. The first-order valence-corrected chi connectivity index (χ1v) is 8.07. The smallest absolute Gasteiger partial charge is 0.254 e. The number of rotatable bonds is 1. The number of nitrogens with zero attached hydrogens (tertiary/aromatic N) is 2. The predicted octanol–water partition coefficient (Wildman–Crippen LogP) is 4.43. The molecular weight excluding hydrogens is 352 g/mol. The molecule has 1 aliphatic rings. The van der Waals surface area contributed by atoms with Crippen molar-refractivity contribution in [3.05, 3.63) is 56.8 Å². The van der Waals surface area contributed by atoms with E-state index >= 15 is 0 Å². The van der Waals surface area contributed by atoms with E-state index in [9.17, 15) is 4.79 Å². The molecule has 5 heteroatoms. The number of hydrogen-bond donors (Lipinski definition) is 0. The highest BCUT2D eigenvalue weighted by atomic mass is 79.9. The fraction of sp³-hybridized carbons (Fsp3) is 0.312. The Kier molecular flexibility index (Phi) is 3.84. The van der Waals surface area contributed by atoms with Crippen LogP contribution >= 0.6 is 27.5 Å². The minimum absolute atomic E-state index is 0.0239. The number of carbonyl (C=O) groups excluding carboxylic acids is 1. The van der Waals surface area contributed by atoms with Crippen LogP contribution in [-0.2, 0) is 6.54 Å². The van der Waals surface area contributed by atoms with Crippen molar-refractivity contribution in [1.29, 1.82) is 0 Å². The molecule has 0 fully saturated rings. The fourth-order valence-electron chi connectivity index (χ4n) is 2.94. The molecular formula is C16H16BrClN2O. The summed E-state index contributed by atoms with van der Waals surface area (Å²) in [6.07, 6.45) is 0. The highest BCUT2D eigenvalue weighted by molar-refractivity contribution is 9.10. The molecule has 3 rings (SSSR count). The highest BCUT2D eigenvalue weighted by Crippen LogP contribution is 2.29. The average Bonchev–Trinajstić information content (AvgIpc) is 2.80. The molecule has 110 valence electrons. The molecule has 0 bridgehead atoms. The normalized spacial score (nSPS) is 17.7. The second-order valence-corrected chi connectivity index (χ2v) is 6.74. The molecule has 0 saturated carbocycles. The summed E-state index contributed by atoms with van der Waals surface area (Å²) < 4.78 is 3.10. The Morgan fingerprint density at radius 2 is 2.05 bits per heavy atom. The molecule has 1 aromatic heterocycles. The topological polar surface area (TPSA) is 25.2 Å². The van der Waals surface area contributed by atoms with Crippen LogP contribution in [0.1, 0.15) is 34.7 Å². The molecule has 0 spiro atoms. The zero-order chi connectivity index (χ0) is 15.1. The largest absolute Gasteiger partial charge is 0.345 e. The van der Waals surface area contributed by atoms with Crippen LogP contribution in [0.15, 0.2) is 34.8 Å². The lowest BCUT2D eigenvalue weighted by Crippen LogP contribution is -2.41. The first-order chi connectivity index (χ1) is 9.97. The zero-order valence-corrected chi connectivity index (χ0v) is 14.3. The highest BCUT2D eigenvalue weighted by Gasteiger charge is 2.29. The molecule has 21 heavy (non-hydrogen) atoms. The monoisotopic (exact) mass is 366 g/mol. The minimum Gasteiger partial charge on any atom is -0.345 e. The van der Waals surface area contributed by atoms with E-state index in [0.29, 0.717) is 17.1 Å².